The lowest BCUT2D eigenvalue weighted by Crippen LogP contribution is -2.42. The number of aliphatic carboxylic acids is 1. The van der Waals surface area contributed by atoms with Gasteiger partial charge in [-0.3, -0.25) is 14.3 Å². The van der Waals surface area contributed by atoms with E-state index in [-0.39, 0.29) is 19.3 Å². The predicted octanol–water partition coefficient (Wildman–Crippen LogP) is -0.586. The SMILES string of the molecule is Cc1nn(C)c(C)c1CC(=O)N[C@@H](CCC(N)=O)C(=O)O. The van der Waals surface area contributed by atoms with Crippen LogP contribution in [0.1, 0.15) is 29.8 Å². The van der Waals surface area contributed by atoms with Crippen molar-refractivity contribution in [3.05, 3.63) is 17.0 Å². The summed E-state index contributed by atoms with van der Waals surface area (Å²) in [7, 11) is 1.77. The Balaban J connectivity index is 2.70. The first-order valence-electron chi connectivity index (χ1n) is 6.52. The van der Waals surface area contributed by atoms with Crippen molar-refractivity contribution >= 4 is 17.8 Å². The zero-order valence-electron chi connectivity index (χ0n) is 12.3. The number of nitrogens with zero attached hydrogens (tertiary/aromatic N) is 2. The van der Waals surface area contributed by atoms with Crippen LogP contribution in [0.3, 0.4) is 0 Å². The maximum absolute atomic E-state index is 12.0. The molecular formula is C13H20N4O4. The van der Waals surface area contributed by atoms with Crippen molar-refractivity contribution in [2.45, 2.75) is 39.2 Å². The maximum Gasteiger partial charge on any atom is 0.326 e. The number of primary amides is 1. The van der Waals surface area contributed by atoms with Gasteiger partial charge in [-0.2, -0.15) is 5.10 Å². The number of carbonyl (C=O) groups is 3. The van der Waals surface area contributed by atoms with Crippen molar-refractivity contribution in [2.24, 2.45) is 12.8 Å². The van der Waals surface area contributed by atoms with Crippen LogP contribution in [-0.2, 0) is 27.9 Å². The molecule has 0 bridgehead atoms. The summed E-state index contributed by atoms with van der Waals surface area (Å²) in [6.07, 6.45) is -0.0739. The Morgan fingerprint density at radius 2 is 2.00 bits per heavy atom. The number of hydrogen-bond donors (Lipinski definition) is 3. The summed E-state index contributed by atoms with van der Waals surface area (Å²) in [5, 5.41) is 15.6. The predicted molar refractivity (Wildman–Crippen MR) is 74.4 cm³/mol. The number of carbonyl (C=O) groups excluding carboxylic acids is 2. The third-order valence-electron chi connectivity index (χ3n) is 3.31. The van der Waals surface area contributed by atoms with Crippen LogP contribution in [0.5, 0.6) is 0 Å². The number of carboxylic acid groups (broad SMARTS) is 1. The van der Waals surface area contributed by atoms with Crippen LogP contribution >= 0.6 is 0 Å². The van der Waals surface area contributed by atoms with Crippen molar-refractivity contribution < 1.29 is 19.5 Å². The van der Waals surface area contributed by atoms with Crippen LogP contribution in [0.15, 0.2) is 0 Å². The number of amides is 2. The molecule has 0 fully saturated rings. The van der Waals surface area contributed by atoms with Crippen LogP contribution in [0.2, 0.25) is 0 Å². The number of hydrogen-bond acceptors (Lipinski definition) is 4. The molecule has 0 aliphatic heterocycles. The lowest BCUT2D eigenvalue weighted by atomic mass is 10.1. The van der Waals surface area contributed by atoms with Crippen molar-refractivity contribution in [1.29, 1.82) is 0 Å². The molecule has 0 aliphatic rings. The number of nitrogens with two attached hydrogens (primary N) is 1. The highest BCUT2D eigenvalue weighted by Crippen LogP contribution is 2.12. The molecule has 0 aliphatic carbocycles. The minimum Gasteiger partial charge on any atom is -0.480 e. The van der Waals surface area contributed by atoms with E-state index in [0.29, 0.717) is 0 Å². The average molecular weight is 296 g/mol. The first kappa shape index (κ1) is 16.7. The summed E-state index contributed by atoms with van der Waals surface area (Å²) in [6, 6.07) is -1.12. The Labute approximate surface area is 122 Å². The van der Waals surface area contributed by atoms with E-state index < -0.39 is 23.8 Å². The smallest absolute Gasteiger partial charge is 0.326 e. The standard InChI is InChI=1S/C13H20N4O4/c1-7-9(8(2)17(3)16-7)6-12(19)15-10(13(20)21)4-5-11(14)18/h10H,4-6H2,1-3H3,(H2,14,18)(H,15,19)(H,20,21)/t10-/m0/s1. The molecule has 0 unspecified atom stereocenters. The van der Waals surface area contributed by atoms with E-state index in [1.54, 1.807) is 18.7 Å². The molecule has 1 atom stereocenters. The number of nitrogens with one attached hydrogen (secondary N) is 1. The molecule has 1 aromatic rings. The highest BCUT2D eigenvalue weighted by molar-refractivity contribution is 5.85. The lowest BCUT2D eigenvalue weighted by molar-refractivity contribution is -0.142. The Morgan fingerprint density at radius 3 is 2.43 bits per heavy atom. The fourth-order valence-corrected chi connectivity index (χ4v) is 2.02. The Morgan fingerprint density at radius 1 is 1.38 bits per heavy atom. The molecule has 0 radical (unpaired) electrons. The van der Waals surface area contributed by atoms with E-state index in [1.165, 1.54) is 0 Å². The summed E-state index contributed by atoms with van der Waals surface area (Å²) in [5.41, 5.74) is 7.34. The van der Waals surface area contributed by atoms with Gasteiger partial charge < -0.3 is 16.2 Å². The molecule has 8 nitrogen and oxygen atoms in total. The van der Waals surface area contributed by atoms with Gasteiger partial charge in [0.25, 0.3) is 0 Å². The number of carboxylic acids is 1. The molecule has 0 saturated carbocycles. The monoisotopic (exact) mass is 296 g/mol. The van der Waals surface area contributed by atoms with Crippen LogP contribution in [0.4, 0.5) is 0 Å². The summed E-state index contributed by atoms with van der Waals surface area (Å²) >= 11 is 0. The van der Waals surface area contributed by atoms with Crippen molar-refractivity contribution in [2.75, 3.05) is 0 Å². The first-order chi connectivity index (χ1) is 9.72. The molecule has 4 N–H and O–H groups in total. The van der Waals surface area contributed by atoms with E-state index in [9.17, 15) is 14.4 Å². The van der Waals surface area contributed by atoms with Gasteiger partial charge in [-0.05, 0) is 20.3 Å². The van der Waals surface area contributed by atoms with Crippen molar-refractivity contribution in [3.8, 4) is 0 Å². The van der Waals surface area contributed by atoms with Crippen LogP contribution in [0, 0.1) is 13.8 Å². The third kappa shape index (κ3) is 4.59. The van der Waals surface area contributed by atoms with Gasteiger partial charge in [-0.15, -0.1) is 0 Å². The zero-order chi connectivity index (χ0) is 16.2. The Kier molecular flexibility index (Phi) is 5.45. The van der Waals surface area contributed by atoms with Gasteiger partial charge in [0.15, 0.2) is 0 Å². The van der Waals surface area contributed by atoms with Gasteiger partial charge in [0.1, 0.15) is 6.04 Å². The Bertz CT molecular complexity index is 565. The topological polar surface area (TPSA) is 127 Å². The molecule has 1 rings (SSSR count). The van der Waals surface area contributed by atoms with Gasteiger partial charge in [-0.1, -0.05) is 0 Å². The second kappa shape index (κ2) is 6.87. The quantitative estimate of drug-likeness (QED) is 0.620. The molecule has 0 aromatic carbocycles. The van der Waals surface area contributed by atoms with Crippen molar-refractivity contribution in [1.82, 2.24) is 15.1 Å². The zero-order valence-corrected chi connectivity index (χ0v) is 12.3. The van der Waals surface area contributed by atoms with Gasteiger partial charge in [-0.25, -0.2) is 4.79 Å². The van der Waals surface area contributed by atoms with E-state index in [4.69, 9.17) is 10.8 Å². The fourth-order valence-electron chi connectivity index (χ4n) is 2.02. The molecule has 0 saturated heterocycles. The number of rotatable bonds is 7. The van der Waals surface area contributed by atoms with E-state index in [1.807, 2.05) is 6.92 Å². The van der Waals surface area contributed by atoms with Gasteiger partial charge in [0, 0.05) is 24.7 Å². The molecular weight excluding hydrogens is 276 g/mol. The van der Waals surface area contributed by atoms with E-state index >= 15 is 0 Å². The van der Waals surface area contributed by atoms with Crippen LogP contribution in [0.25, 0.3) is 0 Å². The number of aryl methyl sites for hydroxylation is 2. The minimum atomic E-state index is -1.19. The minimum absolute atomic E-state index is 0.0264. The van der Waals surface area contributed by atoms with Gasteiger partial charge in [0.2, 0.25) is 11.8 Å². The molecule has 8 heteroatoms. The first-order valence-corrected chi connectivity index (χ1v) is 6.52. The highest BCUT2D eigenvalue weighted by Gasteiger charge is 2.22. The molecule has 116 valence electrons. The van der Waals surface area contributed by atoms with Crippen molar-refractivity contribution in [3.63, 3.8) is 0 Å². The average Bonchev–Trinajstić information content (AvgIpc) is 2.60. The normalized spacial score (nSPS) is 12.0. The third-order valence-corrected chi connectivity index (χ3v) is 3.31. The second-order valence-corrected chi connectivity index (χ2v) is 4.91. The summed E-state index contributed by atoms with van der Waals surface area (Å²) in [6.45, 7) is 3.63. The molecule has 0 spiro atoms. The lowest BCUT2D eigenvalue weighted by Gasteiger charge is -2.13. The van der Waals surface area contributed by atoms with Crippen LogP contribution in [-0.4, -0.2) is 38.7 Å². The largest absolute Gasteiger partial charge is 0.480 e. The number of aromatic nitrogens is 2. The second-order valence-electron chi connectivity index (χ2n) is 4.91. The fraction of sp³-hybridized carbons (Fsp3) is 0.538. The summed E-state index contributed by atoms with van der Waals surface area (Å²) in [5.74, 6) is -2.22. The molecule has 2 amide bonds. The summed E-state index contributed by atoms with van der Waals surface area (Å²) in [4.78, 5) is 33.7. The Hall–Kier alpha value is -2.38. The molecule has 21 heavy (non-hydrogen) atoms. The van der Waals surface area contributed by atoms with Gasteiger partial charge in [0.05, 0.1) is 12.1 Å². The summed E-state index contributed by atoms with van der Waals surface area (Å²) < 4.78 is 1.67. The molecule has 1 aromatic heterocycles. The van der Waals surface area contributed by atoms with Gasteiger partial charge >= 0.3 is 5.97 Å². The van der Waals surface area contributed by atoms with E-state index in [2.05, 4.69) is 10.4 Å². The maximum atomic E-state index is 12.0. The highest BCUT2D eigenvalue weighted by atomic mass is 16.4. The van der Waals surface area contributed by atoms with Crippen LogP contribution < -0.4 is 11.1 Å². The molecule has 1 heterocycles. The van der Waals surface area contributed by atoms with E-state index in [0.717, 1.165) is 17.0 Å².